The van der Waals surface area contributed by atoms with Gasteiger partial charge in [0.25, 0.3) is 0 Å². The van der Waals surface area contributed by atoms with E-state index in [1.165, 1.54) is 0 Å². The van der Waals surface area contributed by atoms with Gasteiger partial charge in [-0.1, -0.05) is 228 Å². The van der Waals surface area contributed by atoms with Gasteiger partial charge in [0.15, 0.2) is 0 Å². The van der Waals surface area contributed by atoms with Crippen molar-refractivity contribution >= 4 is 9.90 Å². The van der Waals surface area contributed by atoms with Crippen LogP contribution in [0.25, 0.3) is 0 Å². The molecule has 0 atom stereocenters. The number of rotatable bonds is 17. The number of ether oxygens (including phenoxy) is 6. The Hall–Kier alpha value is -2.04. The van der Waals surface area contributed by atoms with E-state index in [0.717, 1.165) is 44.5 Å². The predicted octanol–water partition coefficient (Wildman–Crippen LogP) is 10.7. The summed E-state index contributed by atoms with van der Waals surface area (Å²) in [5.74, 6) is 3.52. The molecule has 0 N–H and O–H groups in total. The van der Waals surface area contributed by atoms with Gasteiger partial charge in [-0.2, -0.15) is 0 Å². The fourth-order valence-corrected chi connectivity index (χ4v) is 6.43. The molecule has 0 heterocycles. The van der Waals surface area contributed by atoms with Crippen LogP contribution in [0.15, 0.2) is 72.8 Å². The molecule has 0 saturated carbocycles. The van der Waals surface area contributed by atoms with Crippen LogP contribution in [0.4, 0.5) is 0 Å². The van der Waals surface area contributed by atoms with Gasteiger partial charge in [0.1, 0.15) is 0 Å². The van der Waals surface area contributed by atoms with Gasteiger partial charge in [0.2, 0.25) is 0 Å². The molecule has 4 aromatic rings. The Morgan fingerprint density at radius 3 is 0.438 bits per heavy atom. The summed E-state index contributed by atoms with van der Waals surface area (Å²) < 4.78 is 27.9. The van der Waals surface area contributed by atoms with Crippen molar-refractivity contribution in [2.75, 3.05) is 82.3 Å². The molecule has 0 amide bonds. The first-order valence-corrected chi connectivity index (χ1v) is 25.0. The van der Waals surface area contributed by atoms with Crippen molar-refractivity contribution < 1.29 is 99.5 Å². The van der Waals surface area contributed by atoms with E-state index in [1.807, 2.05) is 72.8 Å². The molecule has 0 unspecified atom stereocenters. The number of benzene rings is 4. The summed E-state index contributed by atoms with van der Waals surface area (Å²) in [5, 5.41) is 47.4. The van der Waals surface area contributed by atoms with Gasteiger partial charge in [0.05, 0.1) is 39.6 Å². The largest absolute Gasteiger partial charge is 3.00 e. The third kappa shape index (κ3) is 35.8. The standard InChI is InChI=1S/4C12H18O.3C4H10O2.Na.P.W/c4*1-8(2)10-6-5-7-11(9(3)4)12(10)13;3*1-5-3-4-6-2;;;/h4*5-9,13H,1-4H3;3*3-4H2,1-2H3;;;/q;;;;;;;+1;-3;/p-4. The Labute approximate surface area is 486 Å². The Morgan fingerprint density at radius 1 is 0.274 bits per heavy atom. The van der Waals surface area contributed by atoms with E-state index in [0.29, 0.717) is 87.0 Å². The third-order valence-electron chi connectivity index (χ3n) is 10.8. The minimum Gasteiger partial charge on any atom is -3.00 e. The van der Waals surface area contributed by atoms with Crippen LogP contribution >= 0.6 is 9.90 Å². The topological polar surface area (TPSA) is 148 Å². The minimum atomic E-state index is 0. The quantitative estimate of drug-likeness (QED) is 0.0568. The zero-order chi connectivity index (χ0) is 54.5. The van der Waals surface area contributed by atoms with E-state index >= 15 is 0 Å². The molecule has 0 aliphatic rings. The zero-order valence-corrected chi connectivity index (χ0v) is 55.6. The van der Waals surface area contributed by atoms with E-state index < -0.39 is 0 Å². The van der Waals surface area contributed by atoms with E-state index in [4.69, 9.17) is 0 Å². The summed E-state index contributed by atoms with van der Waals surface area (Å²) in [6.07, 6.45) is 0. The predicted molar refractivity (Wildman–Crippen MR) is 294 cm³/mol. The zero-order valence-electron chi connectivity index (χ0n) is 49.7. The average Bonchev–Trinajstić information content (AvgIpc) is 3.30. The fraction of sp³-hybridized carbons (Fsp3) is 0.600. The van der Waals surface area contributed by atoms with Crippen molar-refractivity contribution in [3.8, 4) is 23.0 Å². The number of para-hydroxylation sites is 4. The molecule has 0 spiro atoms. The molecule has 13 heteroatoms. The van der Waals surface area contributed by atoms with E-state index in [2.05, 4.69) is 139 Å². The second-order valence-corrected chi connectivity index (χ2v) is 19.3. The fourth-order valence-electron chi connectivity index (χ4n) is 6.43. The van der Waals surface area contributed by atoms with Crippen molar-refractivity contribution in [1.29, 1.82) is 0 Å². The maximum Gasteiger partial charge on any atom is 1.00 e. The molecule has 0 radical (unpaired) electrons. The van der Waals surface area contributed by atoms with Gasteiger partial charge in [-0.25, -0.2) is 0 Å². The molecule has 73 heavy (non-hydrogen) atoms. The third-order valence-corrected chi connectivity index (χ3v) is 10.8. The molecular formula is C60H98NaO10PW-6. The van der Waals surface area contributed by atoms with Gasteiger partial charge < -0.3 is 58.7 Å². The van der Waals surface area contributed by atoms with E-state index in [-0.39, 0.29) is 83.5 Å². The molecule has 0 aromatic heterocycles. The van der Waals surface area contributed by atoms with Crippen LogP contribution in [0, 0.1) is 0 Å². The molecule has 10 nitrogen and oxygen atoms in total. The Morgan fingerprint density at radius 2 is 0.370 bits per heavy atom. The summed E-state index contributed by atoms with van der Waals surface area (Å²) in [6, 6.07) is 23.3. The number of hydrogen-bond donors (Lipinski definition) is 0. The molecule has 0 fully saturated rings. The van der Waals surface area contributed by atoms with Crippen LogP contribution in [-0.4, -0.2) is 82.3 Å². The molecule has 0 aliphatic carbocycles. The average molecular weight is 1220 g/mol. The molecule has 4 aromatic carbocycles. The first-order chi connectivity index (χ1) is 32.9. The second kappa shape index (κ2) is 49.5. The molecule has 416 valence electrons. The van der Waals surface area contributed by atoms with Crippen molar-refractivity contribution in [2.45, 2.75) is 158 Å². The number of hydrogen-bond acceptors (Lipinski definition) is 10. The normalized spacial score (nSPS) is 10.2. The van der Waals surface area contributed by atoms with Crippen LogP contribution in [-0.2, 0) is 49.5 Å². The first kappa shape index (κ1) is 82.3. The summed E-state index contributed by atoms with van der Waals surface area (Å²) in [6.45, 7) is 37.0. The molecule has 0 bridgehead atoms. The molecule has 0 saturated heterocycles. The van der Waals surface area contributed by atoms with Crippen molar-refractivity contribution in [2.24, 2.45) is 0 Å². The smallest absolute Gasteiger partial charge is 1.00 e. The van der Waals surface area contributed by atoms with Gasteiger partial charge in [0, 0.05) is 63.7 Å². The summed E-state index contributed by atoms with van der Waals surface area (Å²) >= 11 is 0. The molecular weight excluding hydrogens is 1120 g/mol. The summed E-state index contributed by atoms with van der Waals surface area (Å²) in [4.78, 5) is 0. The van der Waals surface area contributed by atoms with Gasteiger partial charge in [-0.05, 0) is 47.3 Å². The summed E-state index contributed by atoms with van der Waals surface area (Å²) in [5.41, 5.74) is 7.49. The SMILES string of the molecule is CC(C)c1cccc(C(C)C)c1[O-].CC(C)c1cccc(C(C)C)c1[O-].CC(C)c1cccc(C(C)C)c1[O-].CC(C)c1cccc(C(C)C)c1[O-].COCCOC.COCCOC.COCCOC.[Na+].[P-3].[W]. The van der Waals surface area contributed by atoms with Crippen LogP contribution in [0.3, 0.4) is 0 Å². The molecule has 4 rings (SSSR count). The van der Waals surface area contributed by atoms with Crippen molar-refractivity contribution in [1.82, 2.24) is 0 Å². The molecule has 0 aliphatic heterocycles. The second-order valence-electron chi connectivity index (χ2n) is 19.3. The van der Waals surface area contributed by atoms with Gasteiger partial charge >= 0.3 is 29.6 Å². The van der Waals surface area contributed by atoms with Crippen molar-refractivity contribution in [3.63, 3.8) is 0 Å². The Balaban J connectivity index is -0.000000183. The van der Waals surface area contributed by atoms with E-state index in [1.54, 1.807) is 42.7 Å². The first-order valence-electron chi connectivity index (χ1n) is 25.0. The van der Waals surface area contributed by atoms with Gasteiger partial charge in [-0.3, -0.25) is 0 Å². The number of methoxy groups -OCH3 is 6. The maximum atomic E-state index is 11.9. The van der Waals surface area contributed by atoms with Crippen molar-refractivity contribution in [3.05, 3.63) is 117 Å². The Kier molecular flexibility index (Phi) is 55.8. The maximum absolute atomic E-state index is 11.9. The van der Waals surface area contributed by atoms with Crippen LogP contribution in [0.1, 0.15) is 203 Å². The monoisotopic (exact) mass is 1220 g/mol. The van der Waals surface area contributed by atoms with Crippen LogP contribution < -0.4 is 50.0 Å². The van der Waals surface area contributed by atoms with E-state index in [9.17, 15) is 20.4 Å². The minimum absolute atomic E-state index is 0. The summed E-state index contributed by atoms with van der Waals surface area (Å²) in [7, 11) is 9.91. The van der Waals surface area contributed by atoms with Crippen LogP contribution in [0.5, 0.6) is 23.0 Å². The van der Waals surface area contributed by atoms with Crippen LogP contribution in [0.2, 0.25) is 0 Å². The Bertz CT molecular complexity index is 1510. The van der Waals surface area contributed by atoms with Gasteiger partial charge in [-0.15, -0.1) is 23.0 Å².